The molecule has 0 bridgehead atoms. The first-order chi connectivity index (χ1) is 4.84. The fourth-order valence-electron chi connectivity index (χ4n) is 1.09. The molecule has 0 spiro atoms. The van der Waals surface area contributed by atoms with Crippen molar-refractivity contribution in [2.24, 2.45) is 0 Å². The number of carbonyl (C=O) groups excluding carboxylic acids is 1. The molecule has 0 aromatic carbocycles. The number of hydrogen-bond acceptors (Lipinski definition) is 2. The predicted molar refractivity (Wildman–Crippen MR) is 38.3 cm³/mol. The second kappa shape index (κ2) is 3.59. The number of unbranched alkanes of at least 4 members (excludes halogenated alkanes) is 1. The van der Waals surface area contributed by atoms with Crippen LogP contribution in [-0.4, -0.2) is 12.6 Å². The molecule has 0 aromatic heterocycles. The molecule has 10 heavy (non-hydrogen) atoms. The molecule has 57 valence electrons. The van der Waals surface area contributed by atoms with Crippen LogP contribution in [0.4, 0.5) is 0 Å². The van der Waals surface area contributed by atoms with E-state index in [0.29, 0.717) is 6.61 Å². The van der Waals surface area contributed by atoms with Gasteiger partial charge in [0.25, 0.3) is 0 Å². The molecule has 0 saturated carbocycles. The Labute approximate surface area is 61.6 Å². The van der Waals surface area contributed by atoms with Gasteiger partial charge >= 0.3 is 5.97 Å². The second-order valence-corrected chi connectivity index (χ2v) is 2.59. The van der Waals surface area contributed by atoms with Gasteiger partial charge in [-0.1, -0.05) is 19.8 Å². The largest absolute Gasteiger partial charge is 0.465 e. The van der Waals surface area contributed by atoms with E-state index in [4.69, 9.17) is 4.74 Å². The number of carbonyl (C=O) groups is 1. The minimum absolute atomic E-state index is 0.0616. The van der Waals surface area contributed by atoms with E-state index in [1.165, 1.54) is 0 Å². The van der Waals surface area contributed by atoms with Crippen LogP contribution in [-0.2, 0) is 9.53 Å². The molecule has 2 nitrogen and oxygen atoms in total. The second-order valence-electron chi connectivity index (χ2n) is 2.59. The van der Waals surface area contributed by atoms with Crippen LogP contribution in [0.1, 0.15) is 32.6 Å². The summed E-state index contributed by atoms with van der Waals surface area (Å²) in [6.07, 6.45) is 4.06. The van der Waals surface area contributed by atoms with Crippen LogP contribution in [0.2, 0.25) is 0 Å². The third-order valence-electron chi connectivity index (χ3n) is 1.76. The van der Waals surface area contributed by atoms with Gasteiger partial charge in [-0.15, -0.1) is 0 Å². The van der Waals surface area contributed by atoms with E-state index >= 15 is 0 Å². The van der Waals surface area contributed by atoms with E-state index < -0.39 is 0 Å². The average molecular weight is 141 g/mol. The van der Waals surface area contributed by atoms with E-state index in [9.17, 15) is 4.79 Å². The van der Waals surface area contributed by atoms with Gasteiger partial charge in [-0.2, -0.15) is 0 Å². The predicted octanol–water partition coefficient (Wildman–Crippen LogP) is 1.70. The maximum Gasteiger partial charge on any atom is 0.313 e. The SMILES string of the molecule is CCCC[C]1CCOC1=O. The topological polar surface area (TPSA) is 26.3 Å². The third kappa shape index (κ3) is 1.72. The maximum absolute atomic E-state index is 10.8. The van der Waals surface area contributed by atoms with Gasteiger partial charge in [0.1, 0.15) is 0 Å². The first-order valence-corrected chi connectivity index (χ1v) is 3.86. The normalized spacial score (nSPS) is 19.5. The standard InChI is InChI=1S/C8H13O2/c1-2-3-4-7-5-6-10-8(7)9/h2-6H2,1H3. The molecule has 0 amide bonds. The molecule has 0 unspecified atom stereocenters. The van der Waals surface area contributed by atoms with Gasteiger partial charge in [0.2, 0.25) is 0 Å². The molecule has 1 aliphatic heterocycles. The quantitative estimate of drug-likeness (QED) is 0.559. The Kier molecular flexibility index (Phi) is 2.72. The Bertz CT molecular complexity index is 120. The van der Waals surface area contributed by atoms with Crippen molar-refractivity contribution in [3.8, 4) is 0 Å². The first-order valence-electron chi connectivity index (χ1n) is 3.86. The van der Waals surface area contributed by atoms with Gasteiger partial charge in [-0.25, -0.2) is 0 Å². The Morgan fingerprint density at radius 1 is 1.60 bits per heavy atom. The fourth-order valence-corrected chi connectivity index (χ4v) is 1.09. The summed E-state index contributed by atoms with van der Waals surface area (Å²) >= 11 is 0. The molecule has 0 aliphatic carbocycles. The molecule has 1 fully saturated rings. The van der Waals surface area contributed by atoms with Crippen molar-refractivity contribution in [2.45, 2.75) is 32.6 Å². The summed E-state index contributed by atoms with van der Waals surface area (Å²) in [5.41, 5.74) is 0. The molecule has 0 N–H and O–H groups in total. The smallest absolute Gasteiger partial charge is 0.313 e. The van der Waals surface area contributed by atoms with Gasteiger partial charge in [0.15, 0.2) is 0 Å². The van der Waals surface area contributed by atoms with Crippen molar-refractivity contribution in [1.29, 1.82) is 0 Å². The Balaban J connectivity index is 2.20. The van der Waals surface area contributed by atoms with E-state index in [1.807, 2.05) is 0 Å². The molecule has 1 rings (SSSR count). The summed E-state index contributed by atoms with van der Waals surface area (Å²) in [5, 5.41) is 0. The van der Waals surface area contributed by atoms with Gasteiger partial charge in [-0.3, -0.25) is 4.79 Å². The highest BCUT2D eigenvalue weighted by molar-refractivity contribution is 5.86. The zero-order chi connectivity index (χ0) is 7.40. The monoisotopic (exact) mass is 141 g/mol. The molecule has 2 heteroatoms. The molecule has 1 saturated heterocycles. The summed E-state index contributed by atoms with van der Waals surface area (Å²) < 4.78 is 4.79. The van der Waals surface area contributed by atoms with Crippen molar-refractivity contribution in [3.63, 3.8) is 0 Å². The van der Waals surface area contributed by atoms with Gasteiger partial charge in [0.05, 0.1) is 12.5 Å². The highest BCUT2D eigenvalue weighted by Crippen LogP contribution is 2.22. The summed E-state index contributed by atoms with van der Waals surface area (Å²) in [6.45, 7) is 2.73. The molecule has 0 aromatic rings. The molecule has 1 aliphatic rings. The van der Waals surface area contributed by atoms with Gasteiger partial charge in [-0.05, 0) is 12.8 Å². The summed E-state index contributed by atoms with van der Waals surface area (Å²) in [5.74, 6) is 0.926. The minimum atomic E-state index is -0.0616. The summed E-state index contributed by atoms with van der Waals surface area (Å²) in [4.78, 5) is 10.8. The van der Waals surface area contributed by atoms with E-state index in [0.717, 1.165) is 31.6 Å². The zero-order valence-electron chi connectivity index (χ0n) is 6.35. The van der Waals surface area contributed by atoms with Crippen LogP contribution >= 0.6 is 0 Å². The zero-order valence-corrected chi connectivity index (χ0v) is 6.35. The van der Waals surface area contributed by atoms with E-state index in [-0.39, 0.29) is 5.97 Å². The van der Waals surface area contributed by atoms with Gasteiger partial charge < -0.3 is 4.74 Å². The number of esters is 1. The van der Waals surface area contributed by atoms with Crippen molar-refractivity contribution in [2.75, 3.05) is 6.61 Å². The maximum atomic E-state index is 10.8. The molecule has 1 heterocycles. The number of cyclic esters (lactones) is 1. The molecular formula is C8H13O2. The van der Waals surface area contributed by atoms with Crippen LogP contribution in [0.5, 0.6) is 0 Å². The third-order valence-corrected chi connectivity index (χ3v) is 1.76. The Hall–Kier alpha value is -0.530. The average Bonchev–Trinajstić information content (AvgIpc) is 2.31. The highest BCUT2D eigenvalue weighted by Gasteiger charge is 2.25. The first kappa shape index (κ1) is 7.58. The van der Waals surface area contributed by atoms with Crippen LogP contribution in [0, 0.1) is 5.92 Å². The van der Waals surface area contributed by atoms with Crippen LogP contribution < -0.4 is 0 Å². The lowest BCUT2D eigenvalue weighted by Gasteiger charge is -2.00. The van der Waals surface area contributed by atoms with Crippen LogP contribution in [0.3, 0.4) is 0 Å². The fraction of sp³-hybridized carbons (Fsp3) is 0.750. The van der Waals surface area contributed by atoms with Crippen molar-refractivity contribution < 1.29 is 9.53 Å². The lowest BCUT2D eigenvalue weighted by Crippen LogP contribution is -2.04. The highest BCUT2D eigenvalue weighted by atomic mass is 16.5. The van der Waals surface area contributed by atoms with E-state index in [1.54, 1.807) is 0 Å². The van der Waals surface area contributed by atoms with Crippen molar-refractivity contribution >= 4 is 5.97 Å². The lowest BCUT2D eigenvalue weighted by molar-refractivity contribution is -0.136. The molecule has 0 atom stereocenters. The van der Waals surface area contributed by atoms with Crippen LogP contribution in [0.15, 0.2) is 0 Å². The minimum Gasteiger partial charge on any atom is -0.465 e. The van der Waals surface area contributed by atoms with Crippen LogP contribution in [0.25, 0.3) is 0 Å². The molecular weight excluding hydrogens is 128 g/mol. The number of hydrogen-bond donors (Lipinski definition) is 0. The summed E-state index contributed by atoms with van der Waals surface area (Å²) in [6, 6.07) is 0. The van der Waals surface area contributed by atoms with Crippen molar-refractivity contribution in [3.05, 3.63) is 5.92 Å². The molecule has 1 radical (unpaired) electrons. The Morgan fingerprint density at radius 2 is 2.40 bits per heavy atom. The Morgan fingerprint density at radius 3 is 2.90 bits per heavy atom. The summed E-state index contributed by atoms with van der Waals surface area (Å²) in [7, 11) is 0. The lowest BCUT2D eigenvalue weighted by atomic mass is 10.0. The number of rotatable bonds is 3. The van der Waals surface area contributed by atoms with Gasteiger partial charge in [0, 0.05) is 0 Å². The number of ether oxygens (including phenoxy) is 1. The van der Waals surface area contributed by atoms with E-state index in [2.05, 4.69) is 6.92 Å². The van der Waals surface area contributed by atoms with Crippen molar-refractivity contribution in [1.82, 2.24) is 0 Å².